The zero-order chi connectivity index (χ0) is 21.8. The van der Waals surface area contributed by atoms with Gasteiger partial charge in [-0.15, -0.1) is 11.3 Å². The van der Waals surface area contributed by atoms with Crippen LogP contribution in [0.1, 0.15) is 67.4 Å². The van der Waals surface area contributed by atoms with Gasteiger partial charge < -0.3 is 5.32 Å². The van der Waals surface area contributed by atoms with Crippen LogP contribution in [0.25, 0.3) is 0 Å². The third-order valence-corrected chi connectivity index (χ3v) is 8.97. The number of carbonyl (C=O) groups is 2. The molecular formula is C25H29FN2O2S. The Morgan fingerprint density at radius 2 is 2.19 bits per heavy atom. The number of thiazole rings is 1. The van der Waals surface area contributed by atoms with Crippen molar-refractivity contribution in [2.24, 2.45) is 23.2 Å². The molecule has 6 heteroatoms. The number of carbonyl (C=O) groups excluding carboxylic acids is 2. The Balaban J connectivity index is 1.34. The van der Waals surface area contributed by atoms with Crippen LogP contribution in [0, 0.1) is 35.9 Å². The number of Topliss-reactive ketones (excluding diaryl/α,β-unsaturated/α-hetero) is 1. The fourth-order valence-corrected chi connectivity index (χ4v) is 7.45. The molecule has 31 heavy (non-hydrogen) atoms. The van der Waals surface area contributed by atoms with E-state index in [0.717, 1.165) is 42.5 Å². The highest BCUT2D eigenvalue weighted by atomic mass is 32.1. The number of rotatable bonds is 4. The second-order valence-corrected chi connectivity index (χ2v) is 11.1. The predicted octanol–water partition coefficient (Wildman–Crippen LogP) is 5.66. The van der Waals surface area contributed by atoms with E-state index in [1.165, 1.54) is 16.9 Å². The van der Waals surface area contributed by atoms with Gasteiger partial charge in [0.2, 0.25) is 5.91 Å². The van der Waals surface area contributed by atoms with Crippen molar-refractivity contribution in [2.45, 2.75) is 64.7 Å². The summed E-state index contributed by atoms with van der Waals surface area (Å²) in [6, 6.07) is 5.23. The zero-order valence-electron chi connectivity index (χ0n) is 18.1. The van der Waals surface area contributed by atoms with E-state index in [9.17, 15) is 14.0 Å². The second kappa shape index (κ2) is 7.80. The fraction of sp³-hybridized carbons (Fsp3) is 0.560. The maximum Gasteiger partial charge on any atom is 0.226 e. The first-order valence-electron chi connectivity index (χ1n) is 11.4. The number of amides is 1. The van der Waals surface area contributed by atoms with E-state index in [-0.39, 0.29) is 29.0 Å². The van der Waals surface area contributed by atoms with Crippen LogP contribution in [0.3, 0.4) is 0 Å². The molecule has 0 bridgehead atoms. The van der Waals surface area contributed by atoms with Gasteiger partial charge in [0.25, 0.3) is 0 Å². The summed E-state index contributed by atoms with van der Waals surface area (Å²) in [7, 11) is 0. The third-order valence-electron chi connectivity index (χ3n) is 8.15. The molecule has 3 aliphatic carbocycles. The van der Waals surface area contributed by atoms with E-state index in [1.54, 1.807) is 18.3 Å². The number of ketones is 1. The number of aromatic nitrogens is 1. The number of fused-ring (bicyclic) bond motifs is 5. The van der Waals surface area contributed by atoms with Crippen molar-refractivity contribution in [1.29, 1.82) is 0 Å². The van der Waals surface area contributed by atoms with Crippen LogP contribution >= 0.6 is 11.3 Å². The highest BCUT2D eigenvalue weighted by molar-refractivity contribution is 7.15. The Kier molecular flexibility index (Phi) is 5.24. The molecule has 1 N–H and O–H groups in total. The smallest absolute Gasteiger partial charge is 0.226 e. The van der Waals surface area contributed by atoms with Crippen LogP contribution in [0.15, 0.2) is 24.4 Å². The van der Waals surface area contributed by atoms with Gasteiger partial charge in [-0.3, -0.25) is 9.59 Å². The largest absolute Gasteiger partial charge is 0.302 e. The maximum atomic E-state index is 14.0. The quantitative estimate of drug-likeness (QED) is 0.667. The number of halogens is 1. The Morgan fingerprint density at radius 3 is 2.97 bits per heavy atom. The summed E-state index contributed by atoms with van der Waals surface area (Å²) in [6.07, 6.45) is 7.29. The Bertz CT molecular complexity index is 1030. The number of aryl methyl sites for hydroxylation is 2. The molecule has 2 aromatic rings. The second-order valence-electron chi connectivity index (χ2n) is 9.88. The molecule has 0 radical (unpaired) electrons. The Labute approximate surface area is 186 Å². The van der Waals surface area contributed by atoms with Crippen molar-refractivity contribution in [3.05, 3.63) is 46.2 Å². The SMILES string of the molecule is Cc1cnc(NC(=O)CCC2CC(=O)C3(C)CCC4c5cc(F)ccc5CCC4C23)s1. The van der Waals surface area contributed by atoms with E-state index < -0.39 is 0 Å². The molecular weight excluding hydrogens is 411 g/mol. The molecule has 5 atom stereocenters. The Morgan fingerprint density at radius 1 is 1.35 bits per heavy atom. The molecule has 0 spiro atoms. The molecule has 1 amide bonds. The standard InChI is InChI=1S/C25H29FN2O2S/c1-14-13-27-24(31-14)28-22(30)8-5-16-11-21(29)25(2)10-9-18-19(23(16)25)7-4-15-3-6-17(26)12-20(15)18/h3,6,12-13,16,18-19,23H,4-5,7-11H2,1-2H3,(H,27,28,30). The summed E-state index contributed by atoms with van der Waals surface area (Å²) < 4.78 is 14.0. The fourth-order valence-electron chi connectivity index (χ4n) is 6.77. The van der Waals surface area contributed by atoms with Crippen LogP contribution in [0.4, 0.5) is 9.52 Å². The first-order chi connectivity index (χ1) is 14.8. The lowest BCUT2D eigenvalue weighted by Crippen LogP contribution is -2.44. The van der Waals surface area contributed by atoms with Gasteiger partial charge in [0, 0.05) is 29.3 Å². The summed E-state index contributed by atoms with van der Waals surface area (Å²) in [4.78, 5) is 30.9. The molecule has 5 rings (SSSR count). The first-order valence-corrected chi connectivity index (χ1v) is 12.2. The van der Waals surface area contributed by atoms with E-state index in [1.807, 2.05) is 13.0 Å². The van der Waals surface area contributed by atoms with E-state index in [2.05, 4.69) is 17.2 Å². The van der Waals surface area contributed by atoms with Crippen molar-refractivity contribution >= 4 is 28.2 Å². The van der Waals surface area contributed by atoms with Crippen LogP contribution < -0.4 is 5.32 Å². The first kappa shape index (κ1) is 20.8. The van der Waals surface area contributed by atoms with Gasteiger partial charge in [0.15, 0.2) is 5.13 Å². The molecule has 2 fully saturated rings. The van der Waals surface area contributed by atoms with Crippen molar-refractivity contribution < 1.29 is 14.0 Å². The molecule has 0 saturated heterocycles. The van der Waals surface area contributed by atoms with Gasteiger partial charge in [-0.2, -0.15) is 0 Å². The topological polar surface area (TPSA) is 59.1 Å². The molecule has 164 valence electrons. The minimum absolute atomic E-state index is 0.0289. The van der Waals surface area contributed by atoms with Crippen molar-refractivity contribution in [3.8, 4) is 0 Å². The zero-order valence-corrected chi connectivity index (χ0v) is 18.9. The number of nitrogens with zero attached hydrogens (tertiary/aromatic N) is 1. The van der Waals surface area contributed by atoms with Gasteiger partial charge in [-0.1, -0.05) is 13.0 Å². The van der Waals surface area contributed by atoms with Crippen LogP contribution in [0.5, 0.6) is 0 Å². The van der Waals surface area contributed by atoms with Crippen LogP contribution in [-0.2, 0) is 16.0 Å². The summed E-state index contributed by atoms with van der Waals surface area (Å²) in [6.45, 7) is 4.11. The third kappa shape index (κ3) is 3.63. The number of nitrogens with one attached hydrogen (secondary N) is 1. The van der Waals surface area contributed by atoms with Crippen LogP contribution in [0.2, 0.25) is 0 Å². The van der Waals surface area contributed by atoms with Crippen molar-refractivity contribution in [3.63, 3.8) is 0 Å². The molecule has 1 heterocycles. The average molecular weight is 441 g/mol. The number of hydrogen-bond donors (Lipinski definition) is 1. The van der Waals surface area contributed by atoms with Crippen molar-refractivity contribution in [2.75, 3.05) is 5.32 Å². The number of benzene rings is 1. The molecule has 4 nitrogen and oxygen atoms in total. The van der Waals surface area contributed by atoms with Gasteiger partial charge in [0.05, 0.1) is 0 Å². The Hall–Kier alpha value is -2.08. The monoisotopic (exact) mass is 440 g/mol. The van der Waals surface area contributed by atoms with Gasteiger partial charge in [0.1, 0.15) is 11.6 Å². The molecule has 1 aromatic carbocycles. The minimum atomic E-state index is -0.292. The van der Waals surface area contributed by atoms with E-state index in [4.69, 9.17) is 0 Å². The van der Waals surface area contributed by atoms with Gasteiger partial charge in [-0.05, 0) is 86.0 Å². The molecule has 1 aromatic heterocycles. The minimum Gasteiger partial charge on any atom is -0.302 e. The normalized spacial score (nSPS) is 31.6. The highest BCUT2D eigenvalue weighted by Gasteiger charge is 2.58. The molecule has 2 saturated carbocycles. The van der Waals surface area contributed by atoms with E-state index >= 15 is 0 Å². The summed E-state index contributed by atoms with van der Waals surface area (Å²) in [5.41, 5.74) is 2.14. The van der Waals surface area contributed by atoms with Crippen molar-refractivity contribution in [1.82, 2.24) is 4.98 Å². The lowest BCUT2D eigenvalue weighted by molar-refractivity contribution is -0.129. The van der Waals surface area contributed by atoms with E-state index in [0.29, 0.717) is 35.6 Å². The average Bonchev–Trinajstić information content (AvgIpc) is 3.26. The van der Waals surface area contributed by atoms with Crippen LogP contribution in [-0.4, -0.2) is 16.7 Å². The number of anilines is 1. The summed E-state index contributed by atoms with van der Waals surface area (Å²) in [5.74, 6) is 1.41. The number of hydrogen-bond acceptors (Lipinski definition) is 4. The summed E-state index contributed by atoms with van der Waals surface area (Å²) in [5, 5.41) is 3.53. The highest BCUT2D eigenvalue weighted by Crippen LogP contribution is 2.62. The summed E-state index contributed by atoms with van der Waals surface area (Å²) >= 11 is 1.47. The molecule has 5 unspecified atom stereocenters. The van der Waals surface area contributed by atoms with Gasteiger partial charge in [-0.25, -0.2) is 9.37 Å². The predicted molar refractivity (Wildman–Crippen MR) is 120 cm³/mol. The molecule has 0 aliphatic heterocycles. The lowest BCUT2D eigenvalue weighted by atomic mass is 9.54. The van der Waals surface area contributed by atoms with Gasteiger partial charge >= 0.3 is 0 Å². The molecule has 3 aliphatic rings. The maximum absolute atomic E-state index is 14.0. The lowest BCUT2D eigenvalue weighted by Gasteiger charge is -2.50.